The van der Waals surface area contributed by atoms with Gasteiger partial charge in [-0.1, -0.05) is 0 Å². The Morgan fingerprint density at radius 1 is 1.04 bits per heavy atom. The van der Waals surface area contributed by atoms with E-state index < -0.39 is 24.4 Å². The summed E-state index contributed by atoms with van der Waals surface area (Å²) < 4.78 is 9.77. The highest BCUT2D eigenvalue weighted by Gasteiger charge is 2.13. The monoisotopic (exact) mass is 385 g/mol. The summed E-state index contributed by atoms with van der Waals surface area (Å²) in [4.78, 5) is 37.5. The summed E-state index contributed by atoms with van der Waals surface area (Å²) in [6, 6.07) is 10.6. The first kappa shape index (κ1) is 19.5. The summed E-state index contributed by atoms with van der Waals surface area (Å²) in [5, 5.41) is 5.03. The first-order valence-electron chi connectivity index (χ1n) is 9.24. The van der Waals surface area contributed by atoms with Crippen molar-refractivity contribution in [3.8, 4) is 0 Å². The molecule has 28 heavy (non-hydrogen) atoms. The highest BCUT2D eigenvalue weighted by molar-refractivity contribution is 5.95. The molecule has 0 spiro atoms. The van der Waals surface area contributed by atoms with Crippen LogP contribution >= 0.6 is 0 Å². The van der Waals surface area contributed by atoms with E-state index >= 15 is 0 Å². The van der Waals surface area contributed by atoms with E-state index in [1.54, 1.807) is 6.07 Å². The van der Waals surface area contributed by atoms with Crippen LogP contribution in [0, 0.1) is 0 Å². The smallest absolute Gasteiger partial charge is 0.325 e. The van der Waals surface area contributed by atoms with E-state index in [2.05, 4.69) is 15.5 Å². The highest BCUT2D eigenvalue weighted by Crippen LogP contribution is 2.21. The Hall–Kier alpha value is -3.29. The summed E-state index contributed by atoms with van der Waals surface area (Å²) >= 11 is 0. The number of anilines is 2. The van der Waals surface area contributed by atoms with E-state index in [0.717, 1.165) is 18.8 Å². The molecule has 1 aromatic carbocycles. The third-order valence-corrected chi connectivity index (χ3v) is 4.37. The van der Waals surface area contributed by atoms with Gasteiger partial charge < -0.3 is 24.7 Å². The van der Waals surface area contributed by atoms with Gasteiger partial charge in [0.15, 0.2) is 12.4 Å². The zero-order chi connectivity index (χ0) is 19.8. The Balaban J connectivity index is 1.37. The van der Waals surface area contributed by atoms with Gasteiger partial charge in [0.1, 0.15) is 6.54 Å². The van der Waals surface area contributed by atoms with Crippen molar-refractivity contribution in [2.45, 2.75) is 19.3 Å². The minimum Gasteiger partial charge on any atom is -0.459 e. The second kappa shape index (κ2) is 9.59. The molecule has 1 aromatic heterocycles. The van der Waals surface area contributed by atoms with Crippen LogP contribution < -0.4 is 15.5 Å². The summed E-state index contributed by atoms with van der Waals surface area (Å²) in [5.41, 5.74) is 1.77. The van der Waals surface area contributed by atoms with Gasteiger partial charge in [0, 0.05) is 24.5 Å². The van der Waals surface area contributed by atoms with E-state index in [9.17, 15) is 14.4 Å². The molecule has 2 N–H and O–H groups in total. The molecule has 3 rings (SSSR count). The Kier molecular flexibility index (Phi) is 6.67. The summed E-state index contributed by atoms with van der Waals surface area (Å²) in [5.74, 6) is -1.59. The molecule has 8 heteroatoms. The SMILES string of the molecule is O=C(COC(=O)CNC(=O)c1ccco1)Nc1ccc(N2CCCCC2)cc1. The molecule has 0 bridgehead atoms. The number of nitrogens with one attached hydrogen (secondary N) is 2. The average molecular weight is 385 g/mol. The quantitative estimate of drug-likeness (QED) is 0.709. The molecule has 0 saturated carbocycles. The number of furan rings is 1. The van der Waals surface area contributed by atoms with Gasteiger partial charge in [-0.2, -0.15) is 0 Å². The number of carbonyl (C=O) groups excluding carboxylic acids is 3. The van der Waals surface area contributed by atoms with E-state index in [1.165, 1.54) is 31.6 Å². The van der Waals surface area contributed by atoms with Crippen LogP contribution in [0.2, 0.25) is 0 Å². The molecule has 2 aromatic rings. The number of piperidine rings is 1. The first-order chi connectivity index (χ1) is 13.6. The molecule has 1 fully saturated rings. The van der Waals surface area contributed by atoms with E-state index in [-0.39, 0.29) is 12.3 Å². The van der Waals surface area contributed by atoms with Crippen molar-refractivity contribution in [3.63, 3.8) is 0 Å². The molecule has 1 saturated heterocycles. The van der Waals surface area contributed by atoms with Crippen LogP contribution in [0.3, 0.4) is 0 Å². The number of amides is 2. The maximum Gasteiger partial charge on any atom is 0.325 e. The molecule has 8 nitrogen and oxygen atoms in total. The molecular formula is C20H23N3O5. The average Bonchev–Trinajstić information content (AvgIpc) is 3.27. The number of hydrogen-bond acceptors (Lipinski definition) is 6. The number of esters is 1. The van der Waals surface area contributed by atoms with E-state index in [1.807, 2.05) is 24.3 Å². The lowest BCUT2D eigenvalue weighted by molar-refractivity contribution is -0.146. The predicted octanol–water partition coefficient (Wildman–Crippen LogP) is 2.18. The number of ether oxygens (including phenoxy) is 1. The lowest BCUT2D eigenvalue weighted by Crippen LogP contribution is -2.32. The van der Waals surface area contributed by atoms with Crippen LogP contribution in [0.15, 0.2) is 47.1 Å². The van der Waals surface area contributed by atoms with Gasteiger partial charge in [-0.15, -0.1) is 0 Å². The van der Waals surface area contributed by atoms with Crippen molar-refractivity contribution in [3.05, 3.63) is 48.4 Å². The Bertz CT molecular complexity index is 796. The fourth-order valence-corrected chi connectivity index (χ4v) is 2.95. The van der Waals surface area contributed by atoms with Crippen molar-refractivity contribution in [2.24, 2.45) is 0 Å². The largest absolute Gasteiger partial charge is 0.459 e. The van der Waals surface area contributed by atoms with Gasteiger partial charge in [0.05, 0.1) is 6.26 Å². The first-order valence-corrected chi connectivity index (χ1v) is 9.24. The number of carbonyl (C=O) groups is 3. The third-order valence-electron chi connectivity index (χ3n) is 4.37. The Morgan fingerprint density at radius 2 is 1.79 bits per heavy atom. The normalized spacial score (nSPS) is 13.6. The Morgan fingerprint density at radius 3 is 2.46 bits per heavy atom. The fourth-order valence-electron chi connectivity index (χ4n) is 2.95. The third kappa shape index (κ3) is 5.60. The van der Waals surface area contributed by atoms with Crippen LogP contribution in [-0.4, -0.2) is 44.0 Å². The molecule has 148 valence electrons. The molecular weight excluding hydrogens is 362 g/mol. The van der Waals surface area contributed by atoms with Crippen molar-refractivity contribution >= 4 is 29.2 Å². The van der Waals surface area contributed by atoms with Crippen LogP contribution in [-0.2, 0) is 14.3 Å². The maximum atomic E-state index is 11.9. The van der Waals surface area contributed by atoms with Crippen LogP contribution in [0.4, 0.5) is 11.4 Å². The van der Waals surface area contributed by atoms with Gasteiger partial charge in [-0.05, 0) is 55.7 Å². The summed E-state index contributed by atoms with van der Waals surface area (Å²) in [7, 11) is 0. The van der Waals surface area contributed by atoms with Crippen molar-refractivity contribution in [1.82, 2.24) is 5.32 Å². The molecule has 0 unspecified atom stereocenters. The zero-order valence-corrected chi connectivity index (χ0v) is 15.5. The van der Waals surface area contributed by atoms with Crippen LogP contribution in [0.25, 0.3) is 0 Å². The van der Waals surface area contributed by atoms with Crippen molar-refractivity contribution in [2.75, 3.05) is 36.5 Å². The number of benzene rings is 1. The van der Waals surface area contributed by atoms with Crippen molar-refractivity contribution < 1.29 is 23.5 Å². The van der Waals surface area contributed by atoms with E-state index in [0.29, 0.717) is 5.69 Å². The molecule has 2 amide bonds. The Labute approximate surface area is 162 Å². The van der Waals surface area contributed by atoms with Gasteiger partial charge >= 0.3 is 5.97 Å². The van der Waals surface area contributed by atoms with Gasteiger partial charge in [0.25, 0.3) is 11.8 Å². The highest BCUT2D eigenvalue weighted by atomic mass is 16.5. The van der Waals surface area contributed by atoms with Crippen LogP contribution in [0.5, 0.6) is 0 Å². The van der Waals surface area contributed by atoms with Gasteiger partial charge in [-0.25, -0.2) is 0 Å². The molecule has 0 radical (unpaired) electrons. The van der Waals surface area contributed by atoms with E-state index in [4.69, 9.17) is 9.15 Å². The van der Waals surface area contributed by atoms with Crippen molar-refractivity contribution in [1.29, 1.82) is 0 Å². The fraction of sp³-hybridized carbons (Fsp3) is 0.350. The second-order valence-electron chi connectivity index (χ2n) is 6.46. The van der Waals surface area contributed by atoms with Gasteiger partial charge in [-0.3, -0.25) is 14.4 Å². The van der Waals surface area contributed by atoms with Crippen LogP contribution in [0.1, 0.15) is 29.8 Å². The standard InChI is InChI=1S/C20H23N3O5/c24-18(14-28-19(25)13-21-20(26)17-5-4-12-27-17)22-15-6-8-16(9-7-15)23-10-2-1-3-11-23/h4-9,12H,1-3,10-11,13-14H2,(H,21,26)(H,22,24). The second-order valence-corrected chi connectivity index (χ2v) is 6.46. The van der Waals surface area contributed by atoms with Gasteiger partial charge in [0.2, 0.25) is 0 Å². The molecule has 0 atom stereocenters. The lowest BCUT2D eigenvalue weighted by Gasteiger charge is -2.28. The number of hydrogen-bond donors (Lipinski definition) is 2. The number of rotatable bonds is 7. The zero-order valence-electron chi connectivity index (χ0n) is 15.5. The maximum absolute atomic E-state index is 11.9. The minimum absolute atomic E-state index is 0.0959. The molecule has 2 heterocycles. The summed E-state index contributed by atoms with van der Waals surface area (Å²) in [6.45, 7) is 1.33. The molecule has 0 aliphatic carbocycles. The molecule has 1 aliphatic heterocycles. The predicted molar refractivity (Wildman–Crippen MR) is 103 cm³/mol. The lowest BCUT2D eigenvalue weighted by atomic mass is 10.1. The number of nitrogens with zero attached hydrogens (tertiary/aromatic N) is 1. The summed E-state index contributed by atoms with van der Waals surface area (Å²) in [6.07, 6.45) is 5.03. The molecule has 1 aliphatic rings. The topological polar surface area (TPSA) is 101 Å². The minimum atomic E-state index is -0.712.